The minimum absolute atomic E-state index is 0.0123. The summed E-state index contributed by atoms with van der Waals surface area (Å²) in [5, 5.41) is 3.70. The van der Waals surface area contributed by atoms with Crippen molar-refractivity contribution in [2.45, 2.75) is 89.1 Å². The summed E-state index contributed by atoms with van der Waals surface area (Å²) in [6.45, 7) is 0.541. The zero-order valence-corrected chi connectivity index (χ0v) is 17.7. The lowest BCUT2D eigenvalue weighted by atomic mass is 9.89. The van der Waals surface area contributed by atoms with Crippen LogP contribution in [0.1, 0.15) is 77.0 Å². The molecule has 1 N–H and O–H groups in total. The first-order valence-electron chi connectivity index (χ1n) is 11.0. The summed E-state index contributed by atoms with van der Waals surface area (Å²) >= 11 is 5.73. The van der Waals surface area contributed by atoms with Gasteiger partial charge in [0.15, 0.2) is 5.11 Å². The van der Waals surface area contributed by atoms with Gasteiger partial charge in [0.2, 0.25) is 5.91 Å². The Bertz CT molecular complexity index is 592. The smallest absolute Gasteiger partial charge is 0.226 e. The van der Waals surface area contributed by atoms with Crippen LogP contribution in [0, 0.1) is 0 Å². The average Bonchev–Trinajstić information content (AvgIpc) is 2.74. The van der Waals surface area contributed by atoms with Crippen molar-refractivity contribution >= 4 is 23.2 Å². The van der Waals surface area contributed by atoms with Gasteiger partial charge in [0.1, 0.15) is 5.75 Å². The first kappa shape index (κ1) is 21.1. The maximum absolute atomic E-state index is 12.5. The summed E-state index contributed by atoms with van der Waals surface area (Å²) in [5.41, 5.74) is 0. The fraction of sp³-hybridized carbons (Fsp3) is 0.652. The Hall–Kier alpha value is -1.62. The Morgan fingerprint density at radius 2 is 1.54 bits per heavy atom. The van der Waals surface area contributed by atoms with Crippen molar-refractivity contribution in [3.05, 3.63) is 30.3 Å². The zero-order chi connectivity index (χ0) is 19.6. The molecule has 3 rings (SSSR count). The van der Waals surface area contributed by atoms with Crippen molar-refractivity contribution in [1.82, 2.24) is 10.2 Å². The fourth-order valence-electron chi connectivity index (χ4n) is 4.53. The highest BCUT2D eigenvalue weighted by Crippen LogP contribution is 2.30. The molecule has 4 nitrogen and oxygen atoms in total. The van der Waals surface area contributed by atoms with Gasteiger partial charge in [-0.15, -0.1) is 0 Å². The van der Waals surface area contributed by atoms with Gasteiger partial charge in [-0.25, -0.2) is 0 Å². The Balaban J connectivity index is 1.46. The Morgan fingerprint density at radius 3 is 2.11 bits per heavy atom. The maximum atomic E-state index is 12.5. The summed E-state index contributed by atoms with van der Waals surface area (Å²) in [5.74, 6) is 0.859. The van der Waals surface area contributed by atoms with Crippen molar-refractivity contribution in [3.8, 4) is 5.75 Å². The number of nitrogens with one attached hydrogen (secondary N) is 1. The topological polar surface area (TPSA) is 41.6 Å². The summed E-state index contributed by atoms with van der Waals surface area (Å²) in [4.78, 5) is 14.9. The fourth-order valence-corrected chi connectivity index (χ4v) is 4.95. The maximum Gasteiger partial charge on any atom is 0.226 e. The van der Waals surface area contributed by atoms with Gasteiger partial charge in [0, 0.05) is 18.5 Å². The second-order valence-corrected chi connectivity index (χ2v) is 8.50. The summed E-state index contributed by atoms with van der Waals surface area (Å²) in [6, 6.07) is 10.7. The number of amides is 1. The number of hydrogen-bond acceptors (Lipinski definition) is 3. The predicted molar refractivity (Wildman–Crippen MR) is 117 cm³/mol. The number of carbonyl (C=O) groups excluding carboxylic acids is 1. The van der Waals surface area contributed by atoms with E-state index < -0.39 is 0 Å². The molecule has 0 unspecified atom stereocenters. The number of nitrogens with zero attached hydrogens (tertiary/aromatic N) is 1. The largest absolute Gasteiger partial charge is 0.494 e. The third-order valence-electron chi connectivity index (χ3n) is 5.98. The lowest BCUT2D eigenvalue weighted by Gasteiger charge is -2.43. The van der Waals surface area contributed by atoms with E-state index in [0.29, 0.717) is 36.6 Å². The van der Waals surface area contributed by atoms with E-state index in [-0.39, 0.29) is 5.91 Å². The number of hydrogen-bond donors (Lipinski definition) is 1. The third-order valence-corrected chi connectivity index (χ3v) is 6.29. The molecule has 28 heavy (non-hydrogen) atoms. The minimum Gasteiger partial charge on any atom is -0.494 e. The van der Waals surface area contributed by atoms with Gasteiger partial charge in [-0.05, 0) is 56.5 Å². The molecule has 1 aromatic carbocycles. The second-order valence-electron chi connectivity index (χ2n) is 8.11. The molecular weight excluding hydrogens is 368 g/mol. The molecule has 1 amide bonds. The third kappa shape index (κ3) is 6.47. The van der Waals surface area contributed by atoms with E-state index in [2.05, 4.69) is 10.2 Å². The highest BCUT2D eigenvalue weighted by Gasteiger charge is 2.31. The SMILES string of the molecule is O=C(CCCOc1ccccc1)NC(=S)N(C1CCCCC1)C1CCCCC1. The first-order chi connectivity index (χ1) is 13.7. The van der Waals surface area contributed by atoms with Gasteiger partial charge < -0.3 is 15.0 Å². The van der Waals surface area contributed by atoms with E-state index in [1.165, 1.54) is 64.2 Å². The van der Waals surface area contributed by atoms with Crippen LogP contribution in [-0.2, 0) is 4.79 Å². The average molecular weight is 403 g/mol. The van der Waals surface area contributed by atoms with Crippen molar-refractivity contribution in [1.29, 1.82) is 0 Å². The van der Waals surface area contributed by atoms with E-state index in [1.54, 1.807) is 0 Å². The first-order valence-corrected chi connectivity index (χ1v) is 11.4. The molecular formula is C23H34N2O2S. The van der Waals surface area contributed by atoms with E-state index in [9.17, 15) is 4.79 Å². The minimum atomic E-state index is 0.0123. The van der Waals surface area contributed by atoms with Gasteiger partial charge in [-0.1, -0.05) is 56.7 Å². The molecule has 0 radical (unpaired) electrons. The van der Waals surface area contributed by atoms with E-state index >= 15 is 0 Å². The number of rotatable bonds is 7. The molecule has 0 atom stereocenters. The quantitative estimate of drug-likeness (QED) is 0.502. The predicted octanol–water partition coefficient (Wildman–Crippen LogP) is 5.21. The van der Waals surface area contributed by atoms with Crippen molar-refractivity contribution in [2.75, 3.05) is 6.61 Å². The lowest BCUT2D eigenvalue weighted by molar-refractivity contribution is -0.120. The lowest BCUT2D eigenvalue weighted by Crippen LogP contribution is -2.53. The van der Waals surface area contributed by atoms with Crippen LogP contribution in [0.15, 0.2) is 30.3 Å². The van der Waals surface area contributed by atoms with Crippen molar-refractivity contribution in [3.63, 3.8) is 0 Å². The van der Waals surface area contributed by atoms with Crippen LogP contribution in [-0.4, -0.2) is 34.6 Å². The molecule has 0 heterocycles. The molecule has 2 aliphatic rings. The zero-order valence-electron chi connectivity index (χ0n) is 16.9. The molecule has 154 valence electrons. The molecule has 0 aliphatic heterocycles. The molecule has 2 saturated carbocycles. The molecule has 0 saturated heterocycles. The van der Waals surface area contributed by atoms with Crippen LogP contribution >= 0.6 is 12.2 Å². The van der Waals surface area contributed by atoms with Gasteiger partial charge in [0.25, 0.3) is 0 Å². The standard InChI is InChI=1S/C23H34N2O2S/c26-22(17-10-18-27-21-15-8-3-9-16-21)24-23(28)25(19-11-4-1-5-12-19)20-13-6-2-7-14-20/h3,8-9,15-16,19-20H,1-2,4-7,10-14,17-18H2,(H,24,26,28). The molecule has 1 aromatic rings. The highest BCUT2D eigenvalue weighted by molar-refractivity contribution is 7.80. The highest BCUT2D eigenvalue weighted by atomic mass is 32.1. The van der Waals surface area contributed by atoms with Gasteiger partial charge in [0.05, 0.1) is 6.61 Å². The second kappa shape index (κ2) is 11.4. The van der Waals surface area contributed by atoms with Crippen LogP contribution in [0.2, 0.25) is 0 Å². The Morgan fingerprint density at radius 1 is 0.964 bits per heavy atom. The summed E-state index contributed by atoms with van der Waals surface area (Å²) in [6.07, 6.45) is 13.7. The van der Waals surface area contributed by atoms with E-state index in [4.69, 9.17) is 17.0 Å². The van der Waals surface area contributed by atoms with Crippen LogP contribution in [0.25, 0.3) is 0 Å². The number of carbonyl (C=O) groups is 1. The summed E-state index contributed by atoms with van der Waals surface area (Å²) in [7, 11) is 0. The van der Waals surface area contributed by atoms with Gasteiger partial charge in [-0.2, -0.15) is 0 Å². The monoisotopic (exact) mass is 402 g/mol. The molecule has 0 aromatic heterocycles. The van der Waals surface area contributed by atoms with E-state index in [0.717, 1.165) is 5.75 Å². The number of ether oxygens (including phenoxy) is 1. The number of benzene rings is 1. The molecule has 2 fully saturated rings. The number of thiocarbonyl (C=S) groups is 1. The van der Waals surface area contributed by atoms with Gasteiger partial charge in [-0.3, -0.25) is 4.79 Å². The normalized spacial score (nSPS) is 18.4. The molecule has 0 bridgehead atoms. The Kier molecular flexibility index (Phi) is 8.59. The molecule has 5 heteroatoms. The van der Waals surface area contributed by atoms with Crippen molar-refractivity contribution < 1.29 is 9.53 Å². The van der Waals surface area contributed by atoms with Gasteiger partial charge >= 0.3 is 0 Å². The molecule has 0 spiro atoms. The van der Waals surface area contributed by atoms with Crippen molar-refractivity contribution in [2.24, 2.45) is 0 Å². The van der Waals surface area contributed by atoms with Crippen LogP contribution in [0.4, 0.5) is 0 Å². The van der Waals surface area contributed by atoms with E-state index in [1.807, 2.05) is 30.3 Å². The summed E-state index contributed by atoms with van der Waals surface area (Å²) < 4.78 is 5.68. The van der Waals surface area contributed by atoms with Crippen LogP contribution < -0.4 is 10.1 Å². The van der Waals surface area contributed by atoms with Crippen LogP contribution in [0.5, 0.6) is 5.75 Å². The number of para-hydroxylation sites is 1. The molecule has 2 aliphatic carbocycles. The Labute approximate surface area is 175 Å². The van der Waals surface area contributed by atoms with Crippen LogP contribution in [0.3, 0.4) is 0 Å².